The second-order valence-electron chi connectivity index (χ2n) is 2.09. The van der Waals surface area contributed by atoms with E-state index in [0.29, 0.717) is 5.82 Å². The van der Waals surface area contributed by atoms with E-state index >= 15 is 0 Å². The predicted molar refractivity (Wildman–Crippen MR) is 40.7 cm³/mol. The minimum Gasteiger partial charge on any atom is -0.359 e. The lowest BCUT2D eigenvalue weighted by Gasteiger charge is -1.90. The maximum absolute atomic E-state index is 4.06. The van der Waals surface area contributed by atoms with Gasteiger partial charge in [-0.05, 0) is 12.1 Å². The van der Waals surface area contributed by atoms with Gasteiger partial charge < -0.3 is 4.98 Å². The molecule has 0 aromatic carbocycles. The first-order chi connectivity index (χ1) is 5.47. The normalized spacial score (nSPS) is 9.82. The van der Waals surface area contributed by atoms with E-state index in [1.807, 2.05) is 6.07 Å². The highest BCUT2D eigenvalue weighted by Gasteiger charge is 1.97. The Morgan fingerprint density at radius 1 is 1.27 bits per heavy atom. The van der Waals surface area contributed by atoms with Crippen molar-refractivity contribution in [3.05, 3.63) is 36.9 Å². The van der Waals surface area contributed by atoms with Crippen LogP contribution in [0.4, 0.5) is 0 Å². The van der Waals surface area contributed by atoms with E-state index in [1.54, 1.807) is 24.7 Å². The molecule has 0 bridgehead atoms. The molecule has 3 heteroatoms. The number of hydrogen-bond acceptors (Lipinski definition) is 2. The topological polar surface area (TPSA) is 41.6 Å². The van der Waals surface area contributed by atoms with E-state index < -0.39 is 0 Å². The molecule has 3 nitrogen and oxygen atoms in total. The lowest BCUT2D eigenvalue weighted by atomic mass is 10.3. The van der Waals surface area contributed by atoms with E-state index in [9.17, 15) is 0 Å². The Morgan fingerprint density at radius 3 is 2.73 bits per heavy atom. The number of H-pyrrole nitrogens is 1. The zero-order valence-electron chi connectivity index (χ0n) is 5.78. The highest BCUT2D eigenvalue weighted by atomic mass is 14.9. The Hall–Kier alpha value is -1.64. The molecule has 0 spiro atoms. The van der Waals surface area contributed by atoms with Crippen molar-refractivity contribution in [2.24, 2.45) is 0 Å². The molecular weight excluding hydrogens is 138 g/mol. The van der Waals surface area contributed by atoms with Crippen LogP contribution in [0.1, 0.15) is 0 Å². The lowest BCUT2D eigenvalue weighted by Crippen LogP contribution is -1.83. The van der Waals surface area contributed by atoms with Gasteiger partial charge in [0.05, 0.1) is 6.20 Å². The fourth-order valence-corrected chi connectivity index (χ4v) is 0.855. The van der Waals surface area contributed by atoms with E-state index in [1.165, 1.54) is 0 Å². The molecule has 2 aromatic heterocycles. The van der Waals surface area contributed by atoms with Crippen LogP contribution in [0.5, 0.6) is 0 Å². The van der Waals surface area contributed by atoms with Gasteiger partial charge in [-0.3, -0.25) is 0 Å². The van der Waals surface area contributed by atoms with Crippen LogP contribution >= 0.6 is 0 Å². The summed E-state index contributed by atoms with van der Waals surface area (Å²) in [5, 5.41) is 0. The molecule has 0 fully saturated rings. The number of aromatic amines is 1. The van der Waals surface area contributed by atoms with Gasteiger partial charge >= 0.3 is 0 Å². The molecule has 0 aliphatic heterocycles. The summed E-state index contributed by atoms with van der Waals surface area (Å²) in [6.45, 7) is 0. The number of nitrogens with one attached hydrogen (secondary N) is 1. The minimum absolute atomic E-state index is 0.703. The van der Waals surface area contributed by atoms with Gasteiger partial charge in [-0.25, -0.2) is 9.97 Å². The minimum atomic E-state index is 0.703. The van der Waals surface area contributed by atoms with Gasteiger partial charge in [-0.1, -0.05) is 0 Å². The first-order valence-electron chi connectivity index (χ1n) is 3.29. The van der Waals surface area contributed by atoms with Crippen molar-refractivity contribution in [1.82, 2.24) is 15.0 Å². The van der Waals surface area contributed by atoms with Crippen molar-refractivity contribution in [2.45, 2.75) is 0 Å². The molecule has 0 unspecified atom stereocenters. The van der Waals surface area contributed by atoms with Crippen LogP contribution in [-0.2, 0) is 0 Å². The van der Waals surface area contributed by atoms with E-state index in [2.05, 4.69) is 21.1 Å². The highest BCUT2D eigenvalue weighted by molar-refractivity contribution is 5.51. The zero-order chi connectivity index (χ0) is 7.52. The van der Waals surface area contributed by atoms with Gasteiger partial charge in [0.15, 0.2) is 5.82 Å². The summed E-state index contributed by atoms with van der Waals surface area (Å²) in [5.74, 6) is 0.703. The van der Waals surface area contributed by atoms with Gasteiger partial charge in [0, 0.05) is 24.2 Å². The molecule has 11 heavy (non-hydrogen) atoms. The van der Waals surface area contributed by atoms with Gasteiger partial charge in [-0.2, -0.15) is 0 Å². The lowest BCUT2D eigenvalue weighted by molar-refractivity contribution is 1.18. The Balaban J connectivity index is 2.46. The summed E-state index contributed by atoms with van der Waals surface area (Å²) in [4.78, 5) is 10.9. The van der Waals surface area contributed by atoms with Crippen molar-refractivity contribution in [3.8, 4) is 11.4 Å². The largest absolute Gasteiger partial charge is 0.359 e. The fraction of sp³-hybridized carbons (Fsp3) is 0. The van der Waals surface area contributed by atoms with Crippen molar-refractivity contribution in [2.75, 3.05) is 0 Å². The molecular formula is C8H6N3. The van der Waals surface area contributed by atoms with Crippen LogP contribution in [0.25, 0.3) is 11.4 Å². The molecule has 0 aliphatic rings. The van der Waals surface area contributed by atoms with Crippen LogP contribution in [0.2, 0.25) is 0 Å². The van der Waals surface area contributed by atoms with Crippen molar-refractivity contribution in [3.63, 3.8) is 0 Å². The molecule has 1 N–H and O–H groups in total. The second-order valence-corrected chi connectivity index (χ2v) is 2.09. The van der Waals surface area contributed by atoms with E-state index in [-0.39, 0.29) is 0 Å². The predicted octanol–water partition coefficient (Wildman–Crippen LogP) is 1.27. The summed E-state index contributed by atoms with van der Waals surface area (Å²) in [6.07, 6.45) is 8.12. The van der Waals surface area contributed by atoms with Crippen molar-refractivity contribution >= 4 is 0 Å². The van der Waals surface area contributed by atoms with Crippen LogP contribution < -0.4 is 0 Å². The average Bonchev–Trinajstić information content (AvgIpc) is 2.58. The molecule has 2 rings (SSSR count). The maximum Gasteiger partial charge on any atom is 0.161 e. The molecule has 0 amide bonds. The number of hydrogen-bond donors (Lipinski definition) is 1. The summed E-state index contributed by atoms with van der Waals surface area (Å²) < 4.78 is 0. The molecule has 2 aromatic rings. The third kappa shape index (κ3) is 1.12. The summed E-state index contributed by atoms with van der Waals surface area (Å²) in [6, 6.07) is 3.67. The number of rotatable bonds is 1. The maximum atomic E-state index is 4.06. The molecule has 1 radical (unpaired) electrons. The van der Waals surface area contributed by atoms with E-state index in [0.717, 1.165) is 5.56 Å². The molecule has 0 saturated heterocycles. The fourth-order valence-electron chi connectivity index (χ4n) is 0.855. The zero-order valence-corrected chi connectivity index (χ0v) is 5.78. The van der Waals surface area contributed by atoms with Crippen molar-refractivity contribution < 1.29 is 0 Å². The molecule has 0 saturated carbocycles. The quantitative estimate of drug-likeness (QED) is 0.654. The van der Waals surface area contributed by atoms with Gasteiger partial charge in [0.1, 0.15) is 0 Å². The molecule has 0 aliphatic carbocycles. The second kappa shape index (κ2) is 2.54. The average molecular weight is 144 g/mol. The van der Waals surface area contributed by atoms with Crippen LogP contribution in [-0.4, -0.2) is 15.0 Å². The third-order valence-electron chi connectivity index (χ3n) is 1.35. The van der Waals surface area contributed by atoms with Crippen LogP contribution in [0.15, 0.2) is 30.7 Å². The molecule has 0 atom stereocenters. The van der Waals surface area contributed by atoms with E-state index in [4.69, 9.17) is 0 Å². The summed E-state index contributed by atoms with van der Waals surface area (Å²) >= 11 is 0. The Kier molecular flexibility index (Phi) is 1.41. The van der Waals surface area contributed by atoms with Crippen LogP contribution in [0.3, 0.4) is 0 Å². The summed E-state index contributed by atoms with van der Waals surface area (Å²) in [7, 11) is 0. The molecule has 53 valence electrons. The first kappa shape index (κ1) is 6.09. The Morgan fingerprint density at radius 2 is 2.09 bits per heavy atom. The van der Waals surface area contributed by atoms with Gasteiger partial charge in [-0.15, -0.1) is 0 Å². The Bertz CT molecular complexity index is 312. The van der Waals surface area contributed by atoms with Gasteiger partial charge in [0.2, 0.25) is 0 Å². The first-order valence-corrected chi connectivity index (χ1v) is 3.29. The number of aromatic nitrogens is 3. The van der Waals surface area contributed by atoms with Crippen LogP contribution in [0, 0.1) is 6.20 Å². The standard InChI is InChI=1S/C8H6N3/c1-3-10-8(11-4-1)7-2-5-9-6-7/h1-5,9H. The smallest absolute Gasteiger partial charge is 0.161 e. The molecule has 2 heterocycles. The Labute approximate surface area is 64.1 Å². The third-order valence-corrected chi connectivity index (χ3v) is 1.35. The highest BCUT2D eigenvalue weighted by Crippen LogP contribution is 2.09. The van der Waals surface area contributed by atoms with Crippen molar-refractivity contribution in [1.29, 1.82) is 0 Å². The SMILES string of the molecule is [c]1[nH]ccc1-c1ncccn1. The number of nitrogens with zero attached hydrogens (tertiary/aromatic N) is 2. The monoisotopic (exact) mass is 144 g/mol. The summed E-state index contributed by atoms with van der Waals surface area (Å²) in [5.41, 5.74) is 0.894. The van der Waals surface area contributed by atoms with Gasteiger partial charge in [0.25, 0.3) is 0 Å².